The number of hydrogen-bond acceptors (Lipinski definition) is 3. The highest BCUT2D eigenvalue weighted by Crippen LogP contribution is 2.12. The average molecular weight is 255 g/mol. The predicted octanol–water partition coefficient (Wildman–Crippen LogP) is 3.47. The number of aryl methyl sites for hydroxylation is 1. The fraction of sp³-hybridized carbons (Fsp3) is 0.714. The molecule has 0 bridgehead atoms. The van der Waals surface area contributed by atoms with Gasteiger partial charge < -0.3 is 10.1 Å². The van der Waals surface area contributed by atoms with Gasteiger partial charge in [-0.1, -0.05) is 6.92 Å². The Kier molecular flexibility index (Phi) is 6.17. The Morgan fingerprint density at radius 2 is 2.18 bits per heavy atom. The van der Waals surface area contributed by atoms with Crippen LogP contribution in [-0.2, 0) is 11.2 Å². The molecule has 0 spiro atoms. The average Bonchev–Trinajstić information content (AvgIpc) is 2.74. The third-order valence-corrected chi connectivity index (χ3v) is 3.30. The Morgan fingerprint density at radius 3 is 2.71 bits per heavy atom. The topological polar surface area (TPSA) is 21.3 Å². The summed E-state index contributed by atoms with van der Waals surface area (Å²) in [5.74, 6) is 0. The van der Waals surface area contributed by atoms with E-state index in [0.29, 0.717) is 6.04 Å². The smallest absolute Gasteiger partial charge is 0.0626 e. The number of rotatable bonds is 7. The molecular formula is C14H25NOS. The molecule has 0 amide bonds. The molecular weight excluding hydrogens is 230 g/mol. The van der Waals surface area contributed by atoms with E-state index in [1.807, 2.05) is 0 Å². The maximum atomic E-state index is 5.85. The number of likely N-dealkylation sites (N-methyl/N-ethyl adjacent to an activating group) is 1. The summed E-state index contributed by atoms with van der Waals surface area (Å²) in [4.78, 5) is 0. The Bertz CT molecular complexity index is 290. The minimum Gasteiger partial charge on any atom is -0.374 e. The Hall–Kier alpha value is -0.380. The van der Waals surface area contributed by atoms with Gasteiger partial charge in [-0.05, 0) is 62.5 Å². The zero-order chi connectivity index (χ0) is 12.7. The maximum Gasteiger partial charge on any atom is 0.0626 e. The van der Waals surface area contributed by atoms with Gasteiger partial charge in [0.05, 0.1) is 12.2 Å². The zero-order valence-corrected chi connectivity index (χ0v) is 12.3. The van der Waals surface area contributed by atoms with Crippen LogP contribution in [0.5, 0.6) is 0 Å². The van der Waals surface area contributed by atoms with Crippen molar-refractivity contribution < 1.29 is 4.74 Å². The SMILES string of the molecule is CCNC(CCc1ccsc1)COC(C)(C)C. The van der Waals surface area contributed by atoms with E-state index < -0.39 is 0 Å². The lowest BCUT2D eigenvalue weighted by atomic mass is 10.1. The monoisotopic (exact) mass is 255 g/mol. The number of nitrogens with one attached hydrogen (secondary N) is 1. The van der Waals surface area contributed by atoms with Gasteiger partial charge >= 0.3 is 0 Å². The van der Waals surface area contributed by atoms with Crippen LogP contribution in [0.1, 0.15) is 39.7 Å². The molecule has 0 aromatic carbocycles. The van der Waals surface area contributed by atoms with Crippen molar-refractivity contribution in [3.63, 3.8) is 0 Å². The van der Waals surface area contributed by atoms with Crippen LogP contribution in [0, 0.1) is 0 Å². The van der Waals surface area contributed by atoms with Crippen molar-refractivity contribution >= 4 is 11.3 Å². The quantitative estimate of drug-likeness (QED) is 0.805. The summed E-state index contributed by atoms with van der Waals surface area (Å²) in [5, 5.41) is 7.87. The molecule has 0 aliphatic heterocycles. The second kappa shape index (κ2) is 7.14. The molecule has 1 heterocycles. The first-order chi connectivity index (χ1) is 8.01. The molecule has 0 saturated heterocycles. The molecule has 1 unspecified atom stereocenters. The molecule has 1 rings (SSSR count). The molecule has 0 aliphatic carbocycles. The molecule has 2 nitrogen and oxygen atoms in total. The van der Waals surface area contributed by atoms with Crippen LogP contribution in [0.15, 0.2) is 16.8 Å². The lowest BCUT2D eigenvalue weighted by Gasteiger charge is -2.25. The summed E-state index contributed by atoms with van der Waals surface area (Å²) < 4.78 is 5.85. The second-order valence-corrected chi connectivity index (χ2v) is 6.13. The summed E-state index contributed by atoms with van der Waals surface area (Å²) >= 11 is 1.77. The van der Waals surface area contributed by atoms with E-state index >= 15 is 0 Å². The van der Waals surface area contributed by atoms with Gasteiger partial charge in [0.15, 0.2) is 0 Å². The predicted molar refractivity (Wildman–Crippen MR) is 75.8 cm³/mol. The summed E-state index contributed by atoms with van der Waals surface area (Å²) in [6.07, 6.45) is 2.27. The van der Waals surface area contributed by atoms with E-state index in [2.05, 4.69) is 49.8 Å². The molecule has 1 atom stereocenters. The van der Waals surface area contributed by atoms with Crippen LogP contribution in [-0.4, -0.2) is 24.8 Å². The van der Waals surface area contributed by atoms with Gasteiger partial charge in [0.2, 0.25) is 0 Å². The van der Waals surface area contributed by atoms with Crippen molar-refractivity contribution in [1.82, 2.24) is 5.32 Å². The highest BCUT2D eigenvalue weighted by atomic mass is 32.1. The maximum absolute atomic E-state index is 5.85. The minimum absolute atomic E-state index is 0.0456. The van der Waals surface area contributed by atoms with Crippen LogP contribution in [0.4, 0.5) is 0 Å². The van der Waals surface area contributed by atoms with Crippen molar-refractivity contribution in [3.05, 3.63) is 22.4 Å². The molecule has 1 aromatic rings. The van der Waals surface area contributed by atoms with Gasteiger partial charge in [0, 0.05) is 6.04 Å². The van der Waals surface area contributed by atoms with Gasteiger partial charge in [-0.15, -0.1) is 0 Å². The summed E-state index contributed by atoms with van der Waals surface area (Å²) in [6.45, 7) is 10.3. The standard InChI is InChI=1S/C14H25NOS/c1-5-15-13(10-16-14(2,3)4)7-6-12-8-9-17-11-12/h8-9,11,13,15H,5-7,10H2,1-4H3. The fourth-order valence-corrected chi connectivity index (χ4v) is 2.36. The third-order valence-electron chi connectivity index (χ3n) is 2.57. The largest absolute Gasteiger partial charge is 0.374 e. The van der Waals surface area contributed by atoms with Crippen molar-refractivity contribution in [2.24, 2.45) is 0 Å². The summed E-state index contributed by atoms with van der Waals surface area (Å²) in [5.41, 5.74) is 1.39. The van der Waals surface area contributed by atoms with Crippen molar-refractivity contribution in [2.45, 2.75) is 52.2 Å². The molecule has 0 saturated carbocycles. The number of ether oxygens (including phenoxy) is 1. The van der Waals surface area contributed by atoms with Crippen LogP contribution in [0.25, 0.3) is 0 Å². The lowest BCUT2D eigenvalue weighted by molar-refractivity contribution is -0.0151. The molecule has 0 radical (unpaired) electrons. The Balaban J connectivity index is 2.32. The van der Waals surface area contributed by atoms with E-state index in [1.165, 1.54) is 5.56 Å². The van der Waals surface area contributed by atoms with E-state index in [9.17, 15) is 0 Å². The van der Waals surface area contributed by atoms with Crippen molar-refractivity contribution in [3.8, 4) is 0 Å². The molecule has 0 aliphatic rings. The summed E-state index contributed by atoms with van der Waals surface area (Å²) in [6, 6.07) is 2.66. The zero-order valence-electron chi connectivity index (χ0n) is 11.5. The number of hydrogen-bond donors (Lipinski definition) is 1. The van der Waals surface area contributed by atoms with E-state index in [4.69, 9.17) is 4.74 Å². The second-order valence-electron chi connectivity index (χ2n) is 5.35. The van der Waals surface area contributed by atoms with Crippen molar-refractivity contribution in [1.29, 1.82) is 0 Å². The Morgan fingerprint density at radius 1 is 1.41 bits per heavy atom. The highest BCUT2D eigenvalue weighted by Gasteiger charge is 2.14. The van der Waals surface area contributed by atoms with Crippen LogP contribution < -0.4 is 5.32 Å². The normalized spacial score (nSPS) is 13.9. The van der Waals surface area contributed by atoms with Crippen LogP contribution in [0.2, 0.25) is 0 Å². The first kappa shape index (κ1) is 14.7. The van der Waals surface area contributed by atoms with E-state index in [1.54, 1.807) is 11.3 Å². The van der Waals surface area contributed by atoms with Gasteiger partial charge in [0.1, 0.15) is 0 Å². The molecule has 17 heavy (non-hydrogen) atoms. The Labute approximate surface area is 109 Å². The minimum atomic E-state index is -0.0456. The van der Waals surface area contributed by atoms with Gasteiger partial charge in [-0.25, -0.2) is 0 Å². The third kappa shape index (κ3) is 6.81. The highest BCUT2D eigenvalue weighted by molar-refractivity contribution is 7.07. The van der Waals surface area contributed by atoms with Gasteiger partial charge in [-0.2, -0.15) is 11.3 Å². The van der Waals surface area contributed by atoms with Crippen molar-refractivity contribution in [2.75, 3.05) is 13.2 Å². The fourth-order valence-electron chi connectivity index (χ4n) is 1.66. The number of thiophene rings is 1. The molecule has 0 fully saturated rings. The molecule has 3 heteroatoms. The lowest BCUT2D eigenvalue weighted by Crippen LogP contribution is -2.36. The summed E-state index contributed by atoms with van der Waals surface area (Å²) in [7, 11) is 0. The van der Waals surface area contributed by atoms with Gasteiger partial charge in [-0.3, -0.25) is 0 Å². The molecule has 1 N–H and O–H groups in total. The molecule has 1 aromatic heterocycles. The first-order valence-electron chi connectivity index (χ1n) is 6.39. The van der Waals surface area contributed by atoms with E-state index in [0.717, 1.165) is 26.0 Å². The first-order valence-corrected chi connectivity index (χ1v) is 7.34. The van der Waals surface area contributed by atoms with E-state index in [-0.39, 0.29) is 5.60 Å². The van der Waals surface area contributed by atoms with Gasteiger partial charge in [0.25, 0.3) is 0 Å². The van der Waals surface area contributed by atoms with Crippen LogP contribution in [0.3, 0.4) is 0 Å². The molecule has 98 valence electrons. The van der Waals surface area contributed by atoms with Crippen LogP contribution >= 0.6 is 11.3 Å².